The van der Waals surface area contributed by atoms with E-state index in [9.17, 15) is 4.79 Å². The van der Waals surface area contributed by atoms with Crippen LogP contribution < -0.4 is 0 Å². The van der Waals surface area contributed by atoms with Crippen molar-refractivity contribution in [3.05, 3.63) is 23.5 Å². The maximum atomic E-state index is 13.3. The first kappa shape index (κ1) is 18.4. The molecule has 0 aromatic carbocycles. The Morgan fingerprint density at radius 1 is 1.29 bits per heavy atom. The number of aryl methyl sites for hydroxylation is 1. The fraction of sp³-hybridized carbons (Fsp3) is 0.632. The van der Waals surface area contributed by atoms with E-state index in [1.54, 1.807) is 6.20 Å². The Balaban J connectivity index is 2.51. The second-order valence-corrected chi connectivity index (χ2v) is 6.84. The summed E-state index contributed by atoms with van der Waals surface area (Å²) >= 11 is 0. The van der Waals surface area contributed by atoms with Crippen LogP contribution in [0, 0.1) is 6.92 Å². The van der Waals surface area contributed by atoms with Gasteiger partial charge in [-0.25, -0.2) is 9.67 Å². The summed E-state index contributed by atoms with van der Waals surface area (Å²) in [5, 5.41) is 5.30. The number of pyridine rings is 1. The van der Waals surface area contributed by atoms with Crippen LogP contribution in [-0.2, 0) is 0 Å². The van der Waals surface area contributed by atoms with E-state index in [1.165, 1.54) is 0 Å². The zero-order chi connectivity index (χ0) is 17.9. The predicted octanol–water partition coefficient (Wildman–Crippen LogP) is 4.36. The summed E-state index contributed by atoms with van der Waals surface area (Å²) in [5.74, 6) is 0.0941. The molecule has 0 saturated heterocycles. The number of carbonyl (C=O) groups excluding carboxylic acids is 1. The highest BCUT2D eigenvalue weighted by atomic mass is 16.2. The first-order valence-corrected chi connectivity index (χ1v) is 9.06. The van der Waals surface area contributed by atoms with Crippen molar-refractivity contribution in [3.63, 3.8) is 0 Å². The number of carbonyl (C=O) groups is 1. The van der Waals surface area contributed by atoms with E-state index >= 15 is 0 Å². The standard InChI is InChI=1S/C19H30N4O/c1-7-9-10-22(15(6)8-2)19(24)16-11-14(5)21-18-17(16)12-20-23(18)13(3)4/h11-13,15H,7-10H2,1-6H3. The molecule has 2 heterocycles. The molecule has 0 bridgehead atoms. The zero-order valence-electron chi connectivity index (χ0n) is 15.8. The lowest BCUT2D eigenvalue weighted by molar-refractivity contribution is 0.0687. The smallest absolute Gasteiger partial charge is 0.254 e. The van der Waals surface area contributed by atoms with Gasteiger partial charge in [0, 0.05) is 24.3 Å². The van der Waals surface area contributed by atoms with E-state index in [1.807, 2.05) is 22.6 Å². The van der Waals surface area contributed by atoms with E-state index in [2.05, 4.69) is 44.7 Å². The molecule has 1 atom stereocenters. The minimum absolute atomic E-state index is 0.0941. The van der Waals surface area contributed by atoms with Crippen molar-refractivity contribution in [2.75, 3.05) is 6.54 Å². The third-order valence-corrected chi connectivity index (χ3v) is 4.55. The predicted molar refractivity (Wildman–Crippen MR) is 98.3 cm³/mol. The topological polar surface area (TPSA) is 51.0 Å². The molecule has 0 saturated carbocycles. The lowest BCUT2D eigenvalue weighted by atomic mass is 10.1. The molecular weight excluding hydrogens is 300 g/mol. The number of aromatic nitrogens is 3. The lowest BCUT2D eigenvalue weighted by Crippen LogP contribution is -2.39. The third-order valence-electron chi connectivity index (χ3n) is 4.55. The molecule has 2 aromatic heterocycles. The summed E-state index contributed by atoms with van der Waals surface area (Å²) in [6, 6.07) is 2.34. The van der Waals surface area contributed by atoms with Crippen LogP contribution in [0.15, 0.2) is 12.3 Å². The second-order valence-electron chi connectivity index (χ2n) is 6.84. The van der Waals surface area contributed by atoms with Gasteiger partial charge in [0.2, 0.25) is 0 Å². The highest BCUT2D eigenvalue weighted by Crippen LogP contribution is 2.23. The zero-order valence-corrected chi connectivity index (χ0v) is 15.8. The quantitative estimate of drug-likeness (QED) is 0.758. The van der Waals surface area contributed by atoms with Crippen LogP contribution in [0.4, 0.5) is 0 Å². The first-order chi connectivity index (χ1) is 11.4. The van der Waals surface area contributed by atoms with Crippen molar-refractivity contribution >= 4 is 16.9 Å². The summed E-state index contributed by atoms with van der Waals surface area (Å²) in [5.41, 5.74) is 2.38. The summed E-state index contributed by atoms with van der Waals surface area (Å²) in [6.45, 7) is 13.3. The average molecular weight is 330 g/mol. The van der Waals surface area contributed by atoms with Crippen molar-refractivity contribution in [3.8, 4) is 0 Å². The van der Waals surface area contributed by atoms with Gasteiger partial charge in [0.1, 0.15) is 0 Å². The molecule has 0 fully saturated rings. The monoisotopic (exact) mass is 330 g/mol. The van der Waals surface area contributed by atoms with Gasteiger partial charge < -0.3 is 4.90 Å². The van der Waals surface area contributed by atoms with Crippen molar-refractivity contribution in [1.82, 2.24) is 19.7 Å². The van der Waals surface area contributed by atoms with Crippen LogP contribution >= 0.6 is 0 Å². The van der Waals surface area contributed by atoms with E-state index in [0.717, 1.165) is 48.1 Å². The van der Waals surface area contributed by atoms with Crippen LogP contribution in [0.25, 0.3) is 11.0 Å². The lowest BCUT2D eigenvalue weighted by Gasteiger charge is -2.29. The summed E-state index contributed by atoms with van der Waals surface area (Å²) in [6.07, 6.45) is 4.84. The minimum Gasteiger partial charge on any atom is -0.336 e. The maximum Gasteiger partial charge on any atom is 0.254 e. The molecule has 0 aliphatic carbocycles. The summed E-state index contributed by atoms with van der Waals surface area (Å²) < 4.78 is 1.89. The number of hydrogen-bond acceptors (Lipinski definition) is 3. The Morgan fingerprint density at radius 2 is 2.00 bits per heavy atom. The van der Waals surface area contributed by atoms with E-state index in [-0.39, 0.29) is 18.0 Å². The van der Waals surface area contributed by atoms with E-state index < -0.39 is 0 Å². The molecule has 0 N–H and O–H groups in total. The van der Waals surface area contributed by atoms with Crippen LogP contribution in [0.2, 0.25) is 0 Å². The van der Waals surface area contributed by atoms with E-state index in [4.69, 9.17) is 0 Å². The average Bonchev–Trinajstić information content (AvgIpc) is 2.97. The Kier molecular flexibility index (Phi) is 5.97. The fourth-order valence-corrected chi connectivity index (χ4v) is 2.92. The van der Waals surface area contributed by atoms with Gasteiger partial charge in [-0.1, -0.05) is 20.3 Å². The van der Waals surface area contributed by atoms with E-state index in [0.29, 0.717) is 0 Å². The largest absolute Gasteiger partial charge is 0.336 e. The van der Waals surface area contributed by atoms with Gasteiger partial charge in [-0.15, -0.1) is 0 Å². The Bertz CT molecular complexity index is 705. The van der Waals surface area contributed by atoms with Crippen LogP contribution in [0.5, 0.6) is 0 Å². The fourth-order valence-electron chi connectivity index (χ4n) is 2.92. The van der Waals surface area contributed by atoms with Gasteiger partial charge in [0.05, 0.1) is 17.1 Å². The number of hydrogen-bond donors (Lipinski definition) is 0. The Hall–Kier alpha value is -1.91. The normalized spacial score (nSPS) is 12.8. The highest BCUT2D eigenvalue weighted by molar-refractivity contribution is 6.05. The van der Waals surface area contributed by atoms with Crippen molar-refractivity contribution in [1.29, 1.82) is 0 Å². The molecule has 5 heteroatoms. The number of nitrogens with zero attached hydrogens (tertiary/aromatic N) is 4. The van der Waals surface area contributed by atoms with Crippen LogP contribution in [0.3, 0.4) is 0 Å². The number of unbranched alkanes of at least 4 members (excludes halogenated alkanes) is 1. The number of rotatable bonds is 7. The van der Waals surface area contributed by atoms with Gasteiger partial charge >= 0.3 is 0 Å². The van der Waals surface area contributed by atoms with Gasteiger partial charge in [0.15, 0.2) is 5.65 Å². The molecule has 0 aliphatic heterocycles. The molecule has 24 heavy (non-hydrogen) atoms. The van der Waals surface area contributed by atoms with Crippen molar-refractivity contribution in [2.24, 2.45) is 0 Å². The maximum absolute atomic E-state index is 13.3. The molecule has 2 aromatic rings. The van der Waals surface area contributed by atoms with Crippen molar-refractivity contribution in [2.45, 2.75) is 72.9 Å². The van der Waals surface area contributed by atoms with Crippen LogP contribution in [-0.4, -0.2) is 38.2 Å². The molecule has 2 rings (SSSR count). The third kappa shape index (κ3) is 3.60. The van der Waals surface area contributed by atoms with Gasteiger partial charge in [-0.3, -0.25) is 4.79 Å². The Labute approximate surface area is 145 Å². The molecule has 132 valence electrons. The van der Waals surface area contributed by atoms with Gasteiger partial charge in [0.25, 0.3) is 5.91 Å². The minimum atomic E-state index is 0.0941. The first-order valence-electron chi connectivity index (χ1n) is 9.06. The molecule has 0 radical (unpaired) electrons. The summed E-state index contributed by atoms with van der Waals surface area (Å²) in [4.78, 5) is 19.9. The second kappa shape index (κ2) is 7.77. The number of amides is 1. The molecule has 1 unspecified atom stereocenters. The molecule has 1 amide bonds. The van der Waals surface area contributed by atoms with Gasteiger partial charge in [-0.2, -0.15) is 5.10 Å². The molecule has 5 nitrogen and oxygen atoms in total. The van der Waals surface area contributed by atoms with Crippen molar-refractivity contribution < 1.29 is 4.79 Å². The molecule has 0 spiro atoms. The number of fused-ring (bicyclic) bond motifs is 1. The molecule has 0 aliphatic rings. The SMILES string of the molecule is CCCCN(C(=O)c1cc(C)nc2c1cnn2C(C)C)C(C)CC. The summed E-state index contributed by atoms with van der Waals surface area (Å²) in [7, 11) is 0. The Morgan fingerprint density at radius 3 is 2.58 bits per heavy atom. The molecular formula is C19H30N4O. The highest BCUT2D eigenvalue weighted by Gasteiger charge is 2.24. The van der Waals surface area contributed by atoms with Gasteiger partial charge in [-0.05, 0) is 46.6 Å². The van der Waals surface area contributed by atoms with Crippen LogP contribution in [0.1, 0.15) is 76.0 Å².